The van der Waals surface area contributed by atoms with Crippen LogP contribution in [0.3, 0.4) is 0 Å². The largest absolute Gasteiger partial charge is 0.355 e. The highest BCUT2D eigenvalue weighted by atomic mass is 16.2. The van der Waals surface area contributed by atoms with E-state index in [1.165, 1.54) is 19.3 Å². The maximum absolute atomic E-state index is 12.7. The second kappa shape index (κ2) is 7.11. The van der Waals surface area contributed by atoms with E-state index in [1.807, 2.05) is 6.92 Å². The van der Waals surface area contributed by atoms with Gasteiger partial charge in [-0.3, -0.25) is 14.4 Å². The van der Waals surface area contributed by atoms with E-state index in [0.717, 1.165) is 25.7 Å². The minimum Gasteiger partial charge on any atom is -0.355 e. The lowest BCUT2D eigenvalue weighted by molar-refractivity contribution is -0.147. The van der Waals surface area contributed by atoms with Crippen molar-refractivity contribution < 1.29 is 14.4 Å². The maximum atomic E-state index is 12.7. The number of amides is 3. The van der Waals surface area contributed by atoms with Gasteiger partial charge in [0, 0.05) is 12.0 Å². The highest BCUT2D eigenvalue weighted by Gasteiger charge is 2.54. The Morgan fingerprint density at radius 2 is 1.33 bits per heavy atom. The summed E-state index contributed by atoms with van der Waals surface area (Å²) < 4.78 is 0. The lowest BCUT2D eigenvalue weighted by atomic mass is 9.49. The molecule has 134 valence electrons. The molecule has 0 radical (unpaired) electrons. The maximum Gasteiger partial charge on any atom is 0.239 e. The Morgan fingerprint density at radius 1 is 0.833 bits per heavy atom. The number of carbonyl (C=O) groups excluding carboxylic acids is 3. The van der Waals surface area contributed by atoms with Gasteiger partial charge in [0.25, 0.3) is 0 Å². The minimum atomic E-state index is -0.306. The molecule has 4 rings (SSSR count). The summed E-state index contributed by atoms with van der Waals surface area (Å²) in [5.41, 5.74) is -0.229. The van der Waals surface area contributed by atoms with E-state index >= 15 is 0 Å². The first-order valence-electron chi connectivity index (χ1n) is 9.32. The van der Waals surface area contributed by atoms with Crippen molar-refractivity contribution in [1.29, 1.82) is 0 Å². The predicted molar refractivity (Wildman–Crippen MR) is 89.9 cm³/mol. The zero-order valence-corrected chi connectivity index (χ0v) is 14.5. The van der Waals surface area contributed by atoms with E-state index in [0.29, 0.717) is 24.3 Å². The minimum absolute atomic E-state index is 0.0356. The van der Waals surface area contributed by atoms with Crippen LogP contribution in [0.2, 0.25) is 0 Å². The molecule has 0 unspecified atom stereocenters. The lowest BCUT2D eigenvalue weighted by Gasteiger charge is -2.55. The number of nitrogens with one attached hydrogen (secondary N) is 3. The zero-order chi connectivity index (χ0) is 17.2. The molecular formula is C18H29N3O3. The van der Waals surface area contributed by atoms with E-state index in [2.05, 4.69) is 16.0 Å². The van der Waals surface area contributed by atoms with Crippen molar-refractivity contribution in [3.05, 3.63) is 0 Å². The van der Waals surface area contributed by atoms with E-state index in [4.69, 9.17) is 0 Å². The summed E-state index contributed by atoms with van der Waals surface area (Å²) in [6, 6.07) is 0. The van der Waals surface area contributed by atoms with Crippen LogP contribution in [0.5, 0.6) is 0 Å². The van der Waals surface area contributed by atoms with Crippen molar-refractivity contribution in [3.63, 3.8) is 0 Å². The van der Waals surface area contributed by atoms with Crippen LogP contribution in [-0.2, 0) is 14.4 Å². The van der Waals surface area contributed by atoms with Gasteiger partial charge >= 0.3 is 0 Å². The second-order valence-corrected chi connectivity index (χ2v) is 8.01. The van der Waals surface area contributed by atoms with Gasteiger partial charge in [-0.25, -0.2) is 0 Å². The average Bonchev–Trinajstić information content (AvgIpc) is 2.54. The van der Waals surface area contributed by atoms with Crippen molar-refractivity contribution in [2.24, 2.45) is 23.2 Å². The smallest absolute Gasteiger partial charge is 0.239 e. The normalized spacial score (nSPS) is 33.1. The van der Waals surface area contributed by atoms with Crippen LogP contribution in [0, 0.1) is 23.2 Å². The SMILES string of the molecule is CCCNC(=O)CNC(=O)CNC(=O)C12CC3CC(CC(C3)C1)C2. The van der Waals surface area contributed by atoms with Crippen molar-refractivity contribution >= 4 is 17.7 Å². The summed E-state index contributed by atoms with van der Waals surface area (Å²) >= 11 is 0. The third kappa shape index (κ3) is 3.73. The standard InChI is InChI=1S/C18H29N3O3/c1-2-3-19-15(22)10-20-16(23)11-21-17(24)18-7-12-4-13(8-18)6-14(5-12)9-18/h12-14H,2-11H2,1H3,(H,19,22)(H,20,23)(H,21,24). The Bertz CT molecular complexity index is 482. The van der Waals surface area contributed by atoms with Gasteiger partial charge < -0.3 is 16.0 Å². The van der Waals surface area contributed by atoms with Crippen molar-refractivity contribution in [2.45, 2.75) is 51.9 Å². The van der Waals surface area contributed by atoms with E-state index < -0.39 is 0 Å². The van der Waals surface area contributed by atoms with E-state index in [-0.39, 0.29) is 36.2 Å². The molecule has 0 aromatic carbocycles. The molecule has 4 saturated carbocycles. The molecule has 0 aromatic heterocycles. The topological polar surface area (TPSA) is 87.3 Å². The molecule has 3 N–H and O–H groups in total. The molecule has 0 aromatic rings. The van der Waals surface area contributed by atoms with Crippen LogP contribution in [0.25, 0.3) is 0 Å². The second-order valence-electron chi connectivity index (χ2n) is 8.01. The third-order valence-electron chi connectivity index (χ3n) is 5.95. The number of rotatable bonds is 7. The first-order valence-corrected chi connectivity index (χ1v) is 9.32. The Labute approximate surface area is 143 Å². The highest BCUT2D eigenvalue weighted by Crippen LogP contribution is 2.60. The molecule has 24 heavy (non-hydrogen) atoms. The van der Waals surface area contributed by atoms with Gasteiger partial charge in [-0.1, -0.05) is 6.92 Å². The van der Waals surface area contributed by atoms with Crippen molar-refractivity contribution in [2.75, 3.05) is 19.6 Å². The van der Waals surface area contributed by atoms with Crippen LogP contribution in [-0.4, -0.2) is 37.4 Å². The van der Waals surface area contributed by atoms with Crippen molar-refractivity contribution in [1.82, 2.24) is 16.0 Å². The Kier molecular flexibility index (Phi) is 5.11. The highest BCUT2D eigenvalue weighted by molar-refractivity contribution is 5.90. The zero-order valence-electron chi connectivity index (χ0n) is 14.5. The van der Waals surface area contributed by atoms with Crippen molar-refractivity contribution in [3.8, 4) is 0 Å². The molecule has 0 spiro atoms. The van der Waals surface area contributed by atoms with Gasteiger partial charge in [0.2, 0.25) is 17.7 Å². The van der Waals surface area contributed by atoms with Gasteiger partial charge in [0.15, 0.2) is 0 Å². The number of hydrogen-bond acceptors (Lipinski definition) is 3. The molecular weight excluding hydrogens is 306 g/mol. The molecule has 0 aliphatic heterocycles. The molecule has 4 fully saturated rings. The van der Waals surface area contributed by atoms with Crippen LogP contribution < -0.4 is 16.0 Å². The summed E-state index contributed by atoms with van der Waals surface area (Å²) in [6.45, 7) is 2.50. The Morgan fingerprint density at radius 3 is 1.88 bits per heavy atom. The first kappa shape index (κ1) is 17.2. The molecule has 0 heterocycles. The van der Waals surface area contributed by atoms with Gasteiger partial charge in [-0.15, -0.1) is 0 Å². The molecule has 0 atom stereocenters. The number of carbonyl (C=O) groups is 3. The molecule has 4 bridgehead atoms. The molecule has 4 aliphatic rings. The van der Waals surface area contributed by atoms with Crippen LogP contribution in [0.4, 0.5) is 0 Å². The van der Waals surface area contributed by atoms with Gasteiger partial charge in [-0.2, -0.15) is 0 Å². The lowest BCUT2D eigenvalue weighted by Crippen LogP contribution is -2.54. The fourth-order valence-corrected chi connectivity index (χ4v) is 5.31. The van der Waals surface area contributed by atoms with E-state index in [9.17, 15) is 14.4 Å². The third-order valence-corrected chi connectivity index (χ3v) is 5.95. The van der Waals surface area contributed by atoms with Gasteiger partial charge in [0.05, 0.1) is 13.1 Å². The molecule has 6 nitrogen and oxygen atoms in total. The summed E-state index contributed by atoms with van der Waals surface area (Å²) in [7, 11) is 0. The fraction of sp³-hybridized carbons (Fsp3) is 0.833. The van der Waals surface area contributed by atoms with Crippen LogP contribution >= 0.6 is 0 Å². The Hall–Kier alpha value is -1.59. The van der Waals surface area contributed by atoms with Gasteiger partial charge in [-0.05, 0) is 62.7 Å². The summed E-state index contributed by atoms with van der Waals surface area (Å²) in [4.78, 5) is 36.0. The summed E-state index contributed by atoms with van der Waals surface area (Å²) in [5, 5.41) is 8.08. The van der Waals surface area contributed by atoms with Gasteiger partial charge in [0.1, 0.15) is 0 Å². The first-order chi connectivity index (χ1) is 11.5. The summed E-state index contributed by atoms with van der Waals surface area (Å²) in [5.74, 6) is 1.67. The number of hydrogen-bond donors (Lipinski definition) is 3. The monoisotopic (exact) mass is 335 g/mol. The molecule has 3 amide bonds. The fourth-order valence-electron chi connectivity index (χ4n) is 5.31. The molecule has 4 aliphatic carbocycles. The molecule has 0 saturated heterocycles. The van der Waals surface area contributed by atoms with Crippen LogP contribution in [0.15, 0.2) is 0 Å². The summed E-state index contributed by atoms with van der Waals surface area (Å²) in [6.07, 6.45) is 7.71. The Balaban J connectivity index is 1.42. The predicted octanol–water partition coefficient (Wildman–Crippen LogP) is 0.961. The quantitative estimate of drug-likeness (QED) is 0.648. The van der Waals surface area contributed by atoms with Crippen LogP contribution in [0.1, 0.15) is 51.9 Å². The molecule has 6 heteroatoms. The average molecular weight is 335 g/mol. The van der Waals surface area contributed by atoms with E-state index in [1.54, 1.807) is 0 Å².